The first-order chi connectivity index (χ1) is 12.0. The Morgan fingerprint density at radius 2 is 1.92 bits per heavy atom. The molecule has 0 amide bonds. The zero-order valence-corrected chi connectivity index (χ0v) is 15.3. The molecule has 0 saturated carbocycles. The molecule has 0 aliphatic carbocycles. The number of sulfonamides is 1. The van der Waals surface area contributed by atoms with Gasteiger partial charge in [0.15, 0.2) is 0 Å². The highest BCUT2D eigenvalue weighted by molar-refractivity contribution is 7.89. The lowest BCUT2D eigenvalue weighted by Crippen LogP contribution is -2.19. The zero-order valence-electron chi connectivity index (χ0n) is 14.5. The minimum Gasteiger partial charge on any atom is -0.495 e. The Morgan fingerprint density at radius 3 is 2.64 bits per heavy atom. The third-order valence-electron chi connectivity index (χ3n) is 3.37. The van der Waals surface area contributed by atoms with Gasteiger partial charge in [-0.25, -0.2) is 0 Å². The van der Waals surface area contributed by atoms with E-state index < -0.39 is 10.0 Å². The standard InChI is InChI=1S/C18H22N2O4S/c1-4-11-24-16-8-6-5-7-15(16)13-19-20-25(21,22)18-12-14(2)9-10-17(18)23-3/h5-10,12-13,20H,4,11H2,1-3H3/b19-13+. The number of para-hydroxylation sites is 1. The Kier molecular flexibility index (Phi) is 6.41. The molecule has 0 unspecified atom stereocenters. The topological polar surface area (TPSA) is 77.0 Å². The molecule has 2 rings (SSSR count). The molecule has 0 atom stereocenters. The molecule has 1 N–H and O–H groups in total. The van der Waals surface area contributed by atoms with E-state index in [1.54, 1.807) is 18.2 Å². The van der Waals surface area contributed by atoms with E-state index in [2.05, 4.69) is 9.93 Å². The molecule has 25 heavy (non-hydrogen) atoms. The number of hydrogen-bond donors (Lipinski definition) is 1. The second-order valence-corrected chi connectivity index (χ2v) is 7.02. The van der Waals surface area contributed by atoms with Crippen molar-refractivity contribution in [2.24, 2.45) is 5.10 Å². The van der Waals surface area contributed by atoms with E-state index in [0.29, 0.717) is 17.9 Å². The van der Waals surface area contributed by atoms with Crippen LogP contribution in [0.25, 0.3) is 0 Å². The highest BCUT2D eigenvalue weighted by Gasteiger charge is 2.18. The summed E-state index contributed by atoms with van der Waals surface area (Å²) in [4.78, 5) is 2.26. The normalized spacial score (nSPS) is 11.5. The highest BCUT2D eigenvalue weighted by atomic mass is 32.2. The van der Waals surface area contributed by atoms with Crippen molar-refractivity contribution < 1.29 is 17.9 Å². The van der Waals surface area contributed by atoms with Crippen LogP contribution in [-0.4, -0.2) is 28.3 Å². The van der Waals surface area contributed by atoms with Crippen LogP contribution in [0.3, 0.4) is 0 Å². The summed E-state index contributed by atoms with van der Waals surface area (Å²) in [5.41, 5.74) is 1.50. The number of hydrogen-bond acceptors (Lipinski definition) is 5. The van der Waals surface area contributed by atoms with Crippen LogP contribution in [0.15, 0.2) is 52.5 Å². The van der Waals surface area contributed by atoms with Gasteiger partial charge in [-0.1, -0.05) is 25.1 Å². The second-order valence-electron chi connectivity index (χ2n) is 5.39. The number of benzene rings is 2. The molecule has 0 aromatic heterocycles. The summed E-state index contributed by atoms with van der Waals surface area (Å²) in [5, 5.41) is 3.86. The van der Waals surface area contributed by atoms with Crippen LogP contribution in [0.4, 0.5) is 0 Å². The first-order valence-electron chi connectivity index (χ1n) is 7.89. The van der Waals surface area contributed by atoms with Crippen molar-refractivity contribution >= 4 is 16.2 Å². The van der Waals surface area contributed by atoms with Gasteiger partial charge in [-0.15, -0.1) is 0 Å². The van der Waals surface area contributed by atoms with Gasteiger partial charge >= 0.3 is 0 Å². The van der Waals surface area contributed by atoms with Crippen molar-refractivity contribution in [2.45, 2.75) is 25.2 Å². The number of nitrogens with zero attached hydrogens (tertiary/aromatic N) is 1. The predicted molar refractivity (Wildman–Crippen MR) is 97.9 cm³/mol. The van der Waals surface area contributed by atoms with Gasteiger partial charge in [-0.2, -0.15) is 18.4 Å². The molecule has 0 bridgehead atoms. The van der Waals surface area contributed by atoms with Crippen LogP contribution in [0.1, 0.15) is 24.5 Å². The van der Waals surface area contributed by atoms with Crippen LogP contribution >= 0.6 is 0 Å². The van der Waals surface area contributed by atoms with E-state index in [1.165, 1.54) is 19.4 Å². The molecular weight excluding hydrogens is 340 g/mol. The molecule has 0 saturated heterocycles. The molecule has 0 fully saturated rings. The Morgan fingerprint density at radius 1 is 1.16 bits per heavy atom. The summed E-state index contributed by atoms with van der Waals surface area (Å²) in [6.07, 6.45) is 2.30. The lowest BCUT2D eigenvalue weighted by molar-refractivity contribution is 0.317. The fraction of sp³-hybridized carbons (Fsp3) is 0.278. The zero-order chi connectivity index (χ0) is 18.3. The Labute approximate surface area is 148 Å². The number of nitrogens with one attached hydrogen (secondary N) is 1. The average Bonchev–Trinajstić information content (AvgIpc) is 2.60. The van der Waals surface area contributed by atoms with Crippen LogP contribution in [0.2, 0.25) is 0 Å². The number of rotatable bonds is 8. The van der Waals surface area contributed by atoms with Gasteiger partial charge in [0, 0.05) is 5.56 Å². The first kappa shape index (κ1) is 18.8. The molecule has 0 radical (unpaired) electrons. The molecular formula is C18H22N2O4S. The summed E-state index contributed by atoms with van der Waals surface area (Å²) in [6.45, 7) is 4.40. The summed E-state index contributed by atoms with van der Waals surface area (Å²) in [5.74, 6) is 0.917. The summed E-state index contributed by atoms with van der Waals surface area (Å²) in [7, 11) is -2.41. The Hall–Kier alpha value is -2.54. The molecule has 6 nitrogen and oxygen atoms in total. The quantitative estimate of drug-likeness (QED) is 0.578. The van der Waals surface area contributed by atoms with Gasteiger partial charge in [-0.05, 0) is 43.2 Å². The van der Waals surface area contributed by atoms with E-state index in [9.17, 15) is 8.42 Å². The van der Waals surface area contributed by atoms with E-state index in [4.69, 9.17) is 9.47 Å². The number of ether oxygens (including phenoxy) is 2. The van der Waals surface area contributed by atoms with Crippen molar-refractivity contribution in [2.75, 3.05) is 13.7 Å². The highest BCUT2D eigenvalue weighted by Crippen LogP contribution is 2.24. The molecule has 2 aromatic carbocycles. The molecule has 134 valence electrons. The number of aryl methyl sites for hydroxylation is 1. The summed E-state index contributed by atoms with van der Waals surface area (Å²) >= 11 is 0. The molecule has 0 spiro atoms. The Balaban J connectivity index is 2.20. The summed E-state index contributed by atoms with van der Waals surface area (Å²) < 4.78 is 35.7. The maximum Gasteiger partial charge on any atom is 0.280 e. The van der Waals surface area contributed by atoms with E-state index in [1.807, 2.05) is 32.0 Å². The molecule has 7 heteroatoms. The molecule has 2 aromatic rings. The molecule has 0 heterocycles. The minimum atomic E-state index is -3.84. The SMILES string of the molecule is CCCOc1ccccc1/C=N/NS(=O)(=O)c1cc(C)ccc1OC. The van der Waals surface area contributed by atoms with Crippen LogP contribution in [0, 0.1) is 6.92 Å². The van der Waals surface area contributed by atoms with Crippen LogP contribution < -0.4 is 14.3 Å². The lowest BCUT2D eigenvalue weighted by Gasteiger charge is -2.10. The number of hydrazone groups is 1. The Bertz CT molecular complexity index is 848. The van der Waals surface area contributed by atoms with Gasteiger partial charge in [0.25, 0.3) is 10.0 Å². The van der Waals surface area contributed by atoms with Crippen LogP contribution in [0.5, 0.6) is 11.5 Å². The van der Waals surface area contributed by atoms with Gasteiger partial charge in [0.2, 0.25) is 0 Å². The largest absolute Gasteiger partial charge is 0.495 e. The average molecular weight is 362 g/mol. The maximum atomic E-state index is 12.5. The summed E-state index contributed by atoms with van der Waals surface area (Å²) in [6, 6.07) is 12.2. The molecule has 0 aliphatic rings. The van der Waals surface area contributed by atoms with E-state index >= 15 is 0 Å². The van der Waals surface area contributed by atoms with Crippen molar-refractivity contribution in [3.05, 3.63) is 53.6 Å². The van der Waals surface area contributed by atoms with Gasteiger partial charge < -0.3 is 9.47 Å². The van der Waals surface area contributed by atoms with Crippen molar-refractivity contribution in [3.63, 3.8) is 0 Å². The molecule has 0 aliphatic heterocycles. The van der Waals surface area contributed by atoms with E-state index in [0.717, 1.165) is 12.0 Å². The maximum absolute atomic E-state index is 12.5. The van der Waals surface area contributed by atoms with Crippen molar-refractivity contribution in [1.29, 1.82) is 0 Å². The second kappa shape index (κ2) is 8.53. The van der Waals surface area contributed by atoms with Gasteiger partial charge in [0.1, 0.15) is 16.4 Å². The number of methoxy groups -OCH3 is 1. The third-order valence-corrected chi connectivity index (χ3v) is 4.61. The third kappa shape index (κ3) is 4.96. The van der Waals surface area contributed by atoms with Crippen molar-refractivity contribution in [3.8, 4) is 11.5 Å². The van der Waals surface area contributed by atoms with Gasteiger partial charge in [-0.3, -0.25) is 0 Å². The van der Waals surface area contributed by atoms with E-state index in [-0.39, 0.29) is 10.6 Å². The van der Waals surface area contributed by atoms with Crippen molar-refractivity contribution in [1.82, 2.24) is 4.83 Å². The minimum absolute atomic E-state index is 0.0441. The fourth-order valence-corrected chi connectivity index (χ4v) is 3.19. The predicted octanol–water partition coefficient (Wildman–Crippen LogP) is 3.10. The van der Waals surface area contributed by atoms with Gasteiger partial charge in [0.05, 0.1) is 19.9 Å². The fourth-order valence-electron chi connectivity index (χ4n) is 2.14. The smallest absolute Gasteiger partial charge is 0.280 e. The van der Waals surface area contributed by atoms with Crippen LogP contribution in [-0.2, 0) is 10.0 Å². The monoisotopic (exact) mass is 362 g/mol. The lowest BCUT2D eigenvalue weighted by atomic mass is 10.2. The first-order valence-corrected chi connectivity index (χ1v) is 9.37.